The fourth-order valence-corrected chi connectivity index (χ4v) is 8.17. The van der Waals surface area contributed by atoms with E-state index in [4.69, 9.17) is 0 Å². The van der Waals surface area contributed by atoms with Crippen molar-refractivity contribution in [3.63, 3.8) is 0 Å². The summed E-state index contributed by atoms with van der Waals surface area (Å²) in [5.41, 5.74) is -0.706. The van der Waals surface area contributed by atoms with E-state index in [-0.39, 0.29) is 80.7 Å². The van der Waals surface area contributed by atoms with Gasteiger partial charge in [-0.3, -0.25) is 48.1 Å². The standard InChI is InChI=1S/C38H40N12O14S4/c1-21(51)19-39-33-45-35(41-25-5-3-7-29(15-25)65(53,54)55)49-37(47-33)43-27-13-11-23(31(17-27)67(59,60)61)9-10-24-12-14-28(18-32(24)68(62,63)64)44-38-48-34(40-20-22(2)52)46-36(50-38)42-26-6-4-8-30(16-26)66(56,57)58/h3-18,21-22,51-52H,19-20H2,1-2H3,(H,53,54,55)(H,56,57,58)(H,59,60,61)(H,62,63,64)(H3,39,41,43,45,47,49)(H3,40,42,44,46,48,50)/b10-9+. The second kappa shape index (κ2) is 20.5. The molecule has 0 fully saturated rings. The van der Waals surface area contributed by atoms with Crippen LogP contribution in [0.1, 0.15) is 25.0 Å². The van der Waals surface area contributed by atoms with E-state index in [0.717, 1.165) is 48.6 Å². The maximum absolute atomic E-state index is 12.7. The largest absolute Gasteiger partial charge is 0.391 e. The van der Waals surface area contributed by atoms with E-state index in [9.17, 15) is 62.1 Å². The van der Waals surface area contributed by atoms with Crippen molar-refractivity contribution < 1.29 is 62.1 Å². The third kappa shape index (κ3) is 14.3. The lowest BCUT2D eigenvalue weighted by Gasteiger charge is -2.07. The zero-order valence-corrected chi connectivity index (χ0v) is 38.3. The van der Waals surface area contributed by atoms with Crippen molar-refractivity contribution in [1.29, 1.82) is 0 Å². The Morgan fingerprint density at radius 2 is 0.750 bits per heavy atom. The fraction of sp³-hybridized carbons (Fsp3) is 0.158. The van der Waals surface area contributed by atoms with Gasteiger partial charge in [-0.1, -0.05) is 36.4 Å². The van der Waals surface area contributed by atoms with Crippen molar-refractivity contribution in [1.82, 2.24) is 29.9 Å². The lowest BCUT2D eigenvalue weighted by molar-refractivity contribution is 0.202. The molecular weight excluding hydrogens is 977 g/mol. The summed E-state index contributed by atoms with van der Waals surface area (Å²) in [5, 5.41) is 19.6. The first kappa shape index (κ1) is 50.4. The Balaban J connectivity index is 1.41. The number of nitrogens with one attached hydrogen (secondary N) is 6. The smallest absolute Gasteiger partial charge is 0.295 e. The van der Waals surface area contributed by atoms with Gasteiger partial charge in [-0.05, 0) is 85.6 Å². The number of aliphatic hydroxyl groups is 2. The highest BCUT2D eigenvalue weighted by atomic mass is 32.2. The number of H-pyrrole nitrogens is 6. The molecule has 0 saturated carbocycles. The van der Waals surface area contributed by atoms with Gasteiger partial charge in [0.2, 0.25) is 33.7 Å². The molecule has 360 valence electrons. The molecule has 2 heterocycles. The monoisotopic (exact) mass is 1020 g/mol. The molecule has 12 N–H and O–H groups in total. The summed E-state index contributed by atoms with van der Waals surface area (Å²) in [5.74, 6) is 0. The second-order valence-electron chi connectivity index (χ2n) is 14.3. The summed E-state index contributed by atoms with van der Waals surface area (Å²) >= 11 is 0. The predicted octanol–water partition coefficient (Wildman–Crippen LogP) is 0.305. The normalized spacial score (nSPS) is 15.4. The van der Waals surface area contributed by atoms with E-state index in [0.29, 0.717) is 0 Å². The predicted molar refractivity (Wildman–Crippen MR) is 238 cm³/mol. The van der Waals surface area contributed by atoms with Crippen LogP contribution in [0.5, 0.6) is 0 Å². The van der Waals surface area contributed by atoms with Crippen LogP contribution in [-0.2, 0) is 40.5 Å². The van der Waals surface area contributed by atoms with Crippen molar-refractivity contribution in [3.05, 3.63) is 130 Å². The molecule has 6 aromatic rings. The van der Waals surface area contributed by atoms with E-state index in [1.807, 2.05) is 0 Å². The number of aromatic nitrogens is 6. The van der Waals surface area contributed by atoms with Gasteiger partial charge < -0.3 is 10.2 Å². The molecule has 2 atom stereocenters. The second-order valence-corrected chi connectivity index (χ2v) is 20.0. The molecule has 0 aliphatic heterocycles. The van der Waals surface area contributed by atoms with Crippen molar-refractivity contribution >= 4 is 75.4 Å². The lowest BCUT2D eigenvalue weighted by Crippen LogP contribution is -2.37. The Labute approximate surface area is 384 Å². The van der Waals surface area contributed by atoms with E-state index in [2.05, 4.69) is 59.9 Å². The summed E-state index contributed by atoms with van der Waals surface area (Å²) in [6.07, 6.45) is 0.542. The highest BCUT2D eigenvalue weighted by molar-refractivity contribution is 7.86. The van der Waals surface area contributed by atoms with Crippen LogP contribution in [0.4, 0.5) is 22.7 Å². The third-order valence-corrected chi connectivity index (χ3v) is 12.2. The molecule has 0 saturated heterocycles. The minimum absolute atomic E-state index is 0.00471. The number of aromatic amines is 6. The summed E-state index contributed by atoms with van der Waals surface area (Å²) in [4.78, 5) is 40.1. The van der Waals surface area contributed by atoms with Crippen LogP contribution in [0.15, 0.2) is 134 Å². The molecule has 2 unspecified atom stereocenters. The first-order valence-corrected chi connectivity index (χ1v) is 25.0. The van der Waals surface area contributed by atoms with Crippen LogP contribution in [-0.4, -0.2) is 117 Å². The molecular formula is C38H40N12O14S4. The Morgan fingerprint density at radius 1 is 0.441 bits per heavy atom. The first-order chi connectivity index (χ1) is 31.8. The van der Waals surface area contributed by atoms with Gasteiger partial charge in [0.05, 0.1) is 57.8 Å². The SMILES string of the molecule is CC(O)CN=c1[nH]c(=Nc2cccc(S(=O)(=O)O)c2)[nH]c(=Nc2ccc(/C=C/c3ccc(N=c4[nH]c(=NCC(C)O)[nH]c(=Nc5cccc(S(=O)(=O)O)c5)[nH]4)cc3S(=O)(=O)O)c(S(=O)(=O)O)c2)[nH]1. The maximum Gasteiger partial charge on any atom is 0.295 e. The molecule has 0 amide bonds. The zero-order chi connectivity index (χ0) is 49.6. The highest BCUT2D eigenvalue weighted by Gasteiger charge is 2.18. The minimum atomic E-state index is -5.00. The van der Waals surface area contributed by atoms with Gasteiger partial charge in [-0.2, -0.15) is 33.7 Å². The van der Waals surface area contributed by atoms with E-state index >= 15 is 0 Å². The molecule has 68 heavy (non-hydrogen) atoms. The van der Waals surface area contributed by atoms with Crippen molar-refractivity contribution in [2.75, 3.05) is 13.1 Å². The van der Waals surface area contributed by atoms with Crippen molar-refractivity contribution in [3.8, 4) is 0 Å². The molecule has 0 aliphatic carbocycles. The van der Waals surface area contributed by atoms with Gasteiger partial charge >= 0.3 is 0 Å². The van der Waals surface area contributed by atoms with Gasteiger partial charge in [-0.15, -0.1) is 0 Å². The summed E-state index contributed by atoms with van der Waals surface area (Å²) in [6, 6.07) is 17.0. The molecule has 30 heteroatoms. The summed E-state index contributed by atoms with van der Waals surface area (Å²) in [7, 11) is -19.1. The minimum Gasteiger partial charge on any atom is -0.391 e. The van der Waals surface area contributed by atoms with Crippen LogP contribution in [0.25, 0.3) is 12.2 Å². The van der Waals surface area contributed by atoms with Crippen LogP contribution in [0, 0.1) is 0 Å². The molecule has 4 aromatic carbocycles. The highest BCUT2D eigenvalue weighted by Crippen LogP contribution is 2.27. The van der Waals surface area contributed by atoms with E-state index in [1.54, 1.807) is 0 Å². The Kier molecular flexibility index (Phi) is 15.2. The van der Waals surface area contributed by atoms with Crippen LogP contribution >= 0.6 is 0 Å². The molecule has 0 aliphatic rings. The summed E-state index contributed by atoms with van der Waals surface area (Å²) in [6.45, 7) is 2.77. The van der Waals surface area contributed by atoms with Crippen molar-refractivity contribution in [2.45, 2.75) is 45.6 Å². The molecule has 26 nitrogen and oxygen atoms in total. The molecule has 0 spiro atoms. The fourth-order valence-electron chi connectivity index (χ4n) is 5.72. The van der Waals surface area contributed by atoms with Crippen molar-refractivity contribution in [2.24, 2.45) is 30.0 Å². The average molecular weight is 1020 g/mol. The molecule has 2 aromatic heterocycles. The van der Waals surface area contributed by atoms with Gasteiger partial charge in [0.25, 0.3) is 40.5 Å². The Morgan fingerprint density at radius 3 is 1.04 bits per heavy atom. The first-order valence-electron chi connectivity index (χ1n) is 19.3. The topological polar surface area (TPSA) is 427 Å². The molecule has 0 bridgehead atoms. The van der Waals surface area contributed by atoms with Gasteiger partial charge in [0.15, 0.2) is 0 Å². The molecule has 0 radical (unpaired) electrons. The average Bonchev–Trinajstić information content (AvgIpc) is 3.23. The molecule has 6 rings (SSSR count). The van der Waals surface area contributed by atoms with E-state index in [1.165, 1.54) is 62.4 Å². The quantitative estimate of drug-likeness (QED) is 0.0516. The number of hydrogen-bond acceptors (Lipinski definition) is 16. The third-order valence-electron chi connectivity index (χ3n) is 8.64. The number of benzene rings is 4. The van der Waals surface area contributed by atoms with Crippen LogP contribution < -0.4 is 33.7 Å². The number of rotatable bonds is 14. The number of aliphatic hydroxyl groups excluding tert-OH is 2. The summed E-state index contributed by atoms with van der Waals surface area (Å²) < 4.78 is 137. The zero-order valence-electron chi connectivity index (χ0n) is 35.1. The van der Waals surface area contributed by atoms with Gasteiger partial charge in [0, 0.05) is 0 Å². The lowest BCUT2D eigenvalue weighted by atomic mass is 10.1. The van der Waals surface area contributed by atoms with Gasteiger partial charge in [-0.25, -0.2) is 30.0 Å². The van der Waals surface area contributed by atoms with E-state index < -0.39 is 72.3 Å². The van der Waals surface area contributed by atoms with Crippen LogP contribution in [0.2, 0.25) is 0 Å². The van der Waals surface area contributed by atoms with Crippen LogP contribution in [0.3, 0.4) is 0 Å². The van der Waals surface area contributed by atoms with Gasteiger partial charge in [0.1, 0.15) is 9.79 Å². The Bertz CT molecular complexity index is 3600. The maximum atomic E-state index is 12.7. The number of hydrogen-bond donors (Lipinski definition) is 12. The Hall–Kier alpha value is -7.00. The number of nitrogens with zero attached hydrogens (tertiary/aromatic N) is 6.